The van der Waals surface area contributed by atoms with E-state index in [9.17, 15) is 13.0 Å². The Morgan fingerprint density at radius 2 is 1.83 bits per heavy atom. The van der Waals surface area contributed by atoms with Gasteiger partial charge in [-0.1, -0.05) is 26.2 Å². The van der Waals surface area contributed by atoms with Crippen molar-refractivity contribution in [1.29, 1.82) is 0 Å². The van der Waals surface area contributed by atoms with Crippen LogP contribution in [0.4, 0.5) is 0 Å². The second-order valence-corrected chi connectivity index (χ2v) is 3.34. The molecule has 0 saturated carbocycles. The standard InChI is InChI=1S/C6H14O4S.Li/c1-2-3-4-5-6-10-11(7,8)9;/h2-6H2,1H3,(H,7,8,9);/q;+1/p-1. The Labute approximate surface area is 85.8 Å². The van der Waals surface area contributed by atoms with E-state index in [1.165, 1.54) is 0 Å². The van der Waals surface area contributed by atoms with Gasteiger partial charge < -0.3 is 4.55 Å². The number of hydrogen-bond acceptors (Lipinski definition) is 4. The van der Waals surface area contributed by atoms with Gasteiger partial charge in [0, 0.05) is 0 Å². The van der Waals surface area contributed by atoms with Crippen molar-refractivity contribution in [2.75, 3.05) is 6.61 Å². The van der Waals surface area contributed by atoms with Gasteiger partial charge in [0.2, 0.25) is 10.4 Å². The van der Waals surface area contributed by atoms with Crippen LogP contribution in [-0.4, -0.2) is 19.6 Å². The van der Waals surface area contributed by atoms with E-state index in [2.05, 4.69) is 4.18 Å². The van der Waals surface area contributed by atoms with E-state index in [4.69, 9.17) is 0 Å². The molecule has 0 aromatic rings. The molecular formula is C6H13LiO4S. The summed E-state index contributed by atoms with van der Waals surface area (Å²) in [5.41, 5.74) is 0. The summed E-state index contributed by atoms with van der Waals surface area (Å²) in [7, 11) is -4.46. The molecule has 0 saturated heterocycles. The quantitative estimate of drug-likeness (QED) is 0.210. The molecule has 0 aromatic heterocycles. The van der Waals surface area contributed by atoms with Crippen LogP contribution in [0.15, 0.2) is 0 Å². The van der Waals surface area contributed by atoms with Gasteiger partial charge >= 0.3 is 18.9 Å². The van der Waals surface area contributed by atoms with E-state index in [0.717, 1.165) is 19.3 Å². The molecule has 0 atom stereocenters. The molecule has 0 N–H and O–H groups in total. The minimum absolute atomic E-state index is 0. The Morgan fingerprint density at radius 1 is 1.25 bits per heavy atom. The molecule has 0 rings (SSSR count). The summed E-state index contributed by atoms with van der Waals surface area (Å²) in [6.45, 7) is 2.07. The first kappa shape index (κ1) is 15.0. The van der Waals surface area contributed by atoms with E-state index in [-0.39, 0.29) is 25.5 Å². The molecule has 0 aliphatic heterocycles. The third kappa shape index (κ3) is 13.1. The maximum absolute atomic E-state index is 9.89. The first-order valence-electron chi connectivity index (χ1n) is 3.66. The van der Waals surface area contributed by atoms with Gasteiger partial charge in [0.05, 0.1) is 6.61 Å². The van der Waals surface area contributed by atoms with Crippen LogP contribution < -0.4 is 18.9 Å². The zero-order valence-electron chi connectivity index (χ0n) is 7.58. The fourth-order valence-corrected chi connectivity index (χ4v) is 1.01. The summed E-state index contributed by atoms with van der Waals surface area (Å²) in [5.74, 6) is 0. The van der Waals surface area contributed by atoms with Crippen molar-refractivity contribution >= 4 is 10.4 Å². The summed E-state index contributed by atoms with van der Waals surface area (Å²) in [6.07, 6.45) is 3.66. The molecule has 0 aromatic carbocycles. The number of unbranched alkanes of at least 4 members (excludes halogenated alkanes) is 3. The van der Waals surface area contributed by atoms with Crippen LogP contribution in [0.5, 0.6) is 0 Å². The van der Waals surface area contributed by atoms with Gasteiger partial charge in [-0.25, -0.2) is 8.42 Å². The molecule has 0 aliphatic carbocycles. The SMILES string of the molecule is CCCCCCOS(=O)(=O)[O-].[Li+]. The first-order chi connectivity index (χ1) is 5.06. The van der Waals surface area contributed by atoms with Gasteiger partial charge in [-0.15, -0.1) is 0 Å². The molecule has 68 valence electrons. The molecule has 0 bridgehead atoms. The molecule has 4 nitrogen and oxygen atoms in total. The Kier molecular flexibility index (Phi) is 10.1. The van der Waals surface area contributed by atoms with Crippen LogP contribution in [0.2, 0.25) is 0 Å². The van der Waals surface area contributed by atoms with Crippen molar-refractivity contribution in [3.63, 3.8) is 0 Å². The first-order valence-corrected chi connectivity index (χ1v) is 5.00. The molecular weight excluding hydrogens is 175 g/mol. The van der Waals surface area contributed by atoms with E-state index in [0.29, 0.717) is 6.42 Å². The summed E-state index contributed by atoms with van der Waals surface area (Å²) >= 11 is 0. The van der Waals surface area contributed by atoms with Crippen molar-refractivity contribution < 1.29 is 36.0 Å². The topological polar surface area (TPSA) is 66.4 Å². The van der Waals surface area contributed by atoms with Crippen LogP contribution in [-0.2, 0) is 14.6 Å². The fraction of sp³-hybridized carbons (Fsp3) is 1.00. The van der Waals surface area contributed by atoms with Gasteiger partial charge in [0.15, 0.2) is 0 Å². The molecule has 12 heavy (non-hydrogen) atoms. The van der Waals surface area contributed by atoms with Crippen molar-refractivity contribution in [2.24, 2.45) is 0 Å². The van der Waals surface area contributed by atoms with Gasteiger partial charge in [-0.3, -0.25) is 4.18 Å². The molecule has 0 amide bonds. The molecule has 0 heterocycles. The molecule has 0 radical (unpaired) electrons. The Morgan fingerprint density at radius 3 is 2.25 bits per heavy atom. The summed E-state index contributed by atoms with van der Waals surface area (Å²) < 4.78 is 33.7. The third-order valence-electron chi connectivity index (χ3n) is 1.23. The van der Waals surface area contributed by atoms with Crippen molar-refractivity contribution in [3.05, 3.63) is 0 Å². The monoisotopic (exact) mass is 188 g/mol. The van der Waals surface area contributed by atoms with Crippen LogP contribution in [0, 0.1) is 0 Å². The Balaban J connectivity index is 0. The van der Waals surface area contributed by atoms with Crippen molar-refractivity contribution in [1.82, 2.24) is 0 Å². The van der Waals surface area contributed by atoms with Gasteiger partial charge in [-0.05, 0) is 6.42 Å². The zero-order valence-corrected chi connectivity index (χ0v) is 8.39. The largest absolute Gasteiger partial charge is 1.00 e. The van der Waals surface area contributed by atoms with Gasteiger partial charge in [-0.2, -0.15) is 0 Å². The normalized spacial score (nSPS) is 10.8. The predicted molar refractivity (Wildman–Crippen MR) is 39.8 cm³/mol. The minimum Gasteiger partial charge on any atom is -0.726 e. The van der Waals surface area contributed by atoms with Crippen LogP contribution in [0.3, 0.4) is 0 Å². The minimum atomic E-state index is -4.46. The predicted octanol–water partition coefficient (Wildman–Crippen LogP) is -1.95. The van der Waals surface area contributed by atoms with Crippen molar-refractivity contribution in [2.45, 2.75) is 32.6 Å². The molecule has 0 fully saturated rings. The van der Waals surface area contributed by atoms with Gasteiger partial charge in [0.25, 0.3) is 0 Å². The van der Waals surface area contributed by atoms with Gasteiger partial charge in [0.1, 0.15) is 0 Å². The molecule has 6 heteroatoms. The van der Waals surface area contributed by atoms with E-state index in [1.807, 2.05) is 6.92 Å². The number of hydrogen-bond donors (Lipinski definition) is 0. The summed E-state index contributed by atoms with van der Waals surface area (Å²) in [4.78, 5) is 0. The van der Waals surface area contributed by atoms with E-state index >= 15 is 0 Å². The Bertz CT molecular complexity index is 178. The maximum Gasteiger partial charge on any atom is 1.00 e. The van der Waals surface area contributed by atoms with Crippen LogP contribution in [0.1, 0.15) is 32.6 Å². The molecule has 0 aliphatic rings. The van der Waals surface area contributed by atoms with Crippen molar-refractivity contribution in [3.8, 4) is 0 Å². The summed E-state index contributed by atoms with van der Waals surface area (Å²) in [6, 6.07) is 0. The number of rotatable bonds is 6. The molecule has 0 unspecified atom stereocenters. The maximum atomic E-state index is 9.89. The smallest absolute Gasteiger partial charge is 0.726 e. The van der Waals surface area contributed by atoms with E-state index < -0.39 is 10.4 Å². The third-order valence-corrected chi connectivity index (χ3v) is 1.68. The second-order valence-electron chi connectivity index (χ2n) is 2.29. The average molecular weight is 188 g/mol. The fourth-order valence-electron chi connectivity index (χ4n) is 0.690. The second kappa shape index (κ2) is 8.08. The van der Waals surface area contributed by atoms with Crippen LogP contribution in [0.25, 0.3) is 0 Å². The van der Waals surface area contributed by atoms with E-state index in [1.54, 1.807) is 0 Å². The molecule has 0 spiro atoms. The van der Waals surface area contributed by atoms with Crippen LogP contribution >= 0.6 is 0 Å². The Hall–Kier alpha value is 0.467. The average Bonchev–Trinajstić information content (AvgIpc) is 1.85. The zero-order chi connectivity index (χ0) is 8.74. The summed E-state index contributed by atoms with van der Waals surface area (Å²) in [5, 5.41) is 0.